The summed E-state index contributed by atoms with van der Waals surface area (Å²) in [5.74, 6) is -0.00773. The lowest BCUT2D eigenvalue weighted by molar-refractivity contribution is 0.447. The Balaban J connectivity index is 2.16. The van der Waals surface area contributed by atoms with E-state index in [1.165, 1.54) is 11.1 Å². The molecule has 3 heteroatoms. The maximum atomic E-state index is 12.0. The molecule has 4 rings (SSSR count). The van der Waals surface area contributed by atoms with Crippen LogP contribution in [0.5, 0.6) is 5.88 Å². The smallest absolute Gasteiger partial charge is 0.258 e. The SMILES string of the molecule is O=c1[nH]c(O)c2c3c(cccc13)Cc1ccccc1C2. The van der Waals surface area contributed by atoms with Crippen molar-refractivity contribution in [1.82, 2.24) is 4.98 Å². The van der Waals surface area contributed by atoms with Crippen molar-refractivity contribution in [3.8, 4) is 5.88 Å². The zero-order chi connectivity index (χ0) is 13.7. The van der Waals surface area contributed by atoms with Gasteiger partial charge in [0, 0.05) is 17.4 Å². The van der Waals surface area contributed by atoms with E-state index >= 15 is 0 Å². The van der Waals surface area contributed by atoms with Crippen LogP contribution in [0.4, 0.5) is 0 Å². The van der Waals surface area contributed by atoms with Crippen LogP contribution in [-0.2, 0) is 12.8 Å². The number of hydrogen-bond donors (Lipinski definition) is 2. The molecule has 0 aliphatic heterocycles. The molecule has 3 nitrogen and oxygen atoms in total. The minimum absolute atomic E-state index is 0.00773. The lowest BCUT2D eigenvalue weighted by Crippen LogP contribution is -2.08. The van der Waals surface area contributed by atoms with Gasteiger partial charge < -0.3 is 5.11 Å². The van der Waals surface area contributed by atoms with Gasteiger partial charge in [0.25, 0.3) is 5.56 Å². The van der Waals surface area contributed by atoms with Crippen LogP contribution in [0.2, 0.25) is 0 Å². The second kappa shape index (κ2) is 3.97. The number of hydrogen-bond acceptors (Lipinski definition) is 2. The highest BCUT2D eigenvalue weighted by Crippen LogP contribution is 2.33. The summed E-state index contributed by atoms with van der Waals surface area (Å²) in [6.45, 7) is 0. The van der Waals surface area contributed by atoms with Crippen LogP contribution >= 0.6 is 0 Å². The Kier molecular flexibility index (Phi) is 2.24. The predicted molar refractivity (Wildman–Crippen MR) is 78.3 cm³/mol. The van der Waals surface area contributed by atoms with Crippen molar-refractivity contribution in [1.29, 1.82) is 0 Å². The fraction of sp³-hybridized carbons (Fsp3) is 0.118. The fourth-order valence-corrected chi connectivity index (χ4v) is 3.13. The second-order valence-corrected chi connectivity index (χ2v) is 5.24. The van der Waals surface area contributed by atoms with Gasteiger partial charge in [-0.1, -0.05) is 36.4 Å². The number of pyridine rings is 1. The number of fused-ring (bicyclic) bond motifs is 1. The van der Waals surface area contributed by atoms with Crippen molar-refractivity contribution in [2.24, 2.45) is 0 Å². The molecule has 0 unspecified atom stereocenters. The molecule has 2 N–H and O–H groups in total. The molecule has 20 heavy (non-hydrogen) atoms. The fourth-order valence-electron chi connectivity index (χ4n) is 3.13. The molecule has 2 aromatic carbocycles. The Morgan fingerprint density at radius 3 is 2.40 bits per heavy atom. The highest BCUT2D eigenvalue weighted by atomic mass is 16.3. The van der Waals surface area contributed by atoms with Crippen molar-refractivity contribution >= 4 is 10.8 Å². The van der Waals surface area contributed by atoms with Gasteiger partial charge in [-0.15, -0.1) is 0 Å². The Morgan fingerprint density at radius 1 is 0.900 bits per heavy atom. The number of rotatable bonds is 0. The first-order valence-corrected chi connectivity index (χ1v) is 6.66. The van der Waals surface area contributed by atoms with Gasteiger partial charge >= 0.3 is 0 Å². The van der Waals surface area contributed by atoms with E-state index in [0.717, 1.165) is 22.9 Å². The molecule has 1 aromatic heterocycles. The van der Waals surface area contributed by atoms with E-state index in [-0.39, 0.29) is 11.4 Å². The summed E-state index contributed by atoms with van der Waals surface area (Å²) < 4.78 is 0. The Hall–Kier alpha value is -2.55. The summed E-state index contributed by atoms with van der Waals surface area (Å²) in [6.07, 6.45) is 1.44. The highest BCUT2D eigenvalue weighted by Gasteiger charge is 2.19. The Morgan fingerprint density at radius 2 is 1.60 bits per heavy atom. The molecular formula is C17H13NO2. The zero-order valence-electron chi connectivity index (χ0n) is 10.8. The Labute approximate surface area is 115 Å². The average Bonchev–Trinajstić information content (AvgIpc) is 2.62. The van der Waals surface area contributed by atoms with E-state index in [2.05, 4.69) is 17.1 Å². The van der Waals surface area contributed by atoms with Crippen LogP contribution in [0.25, 0.3) is 10.8 Å². The van der Waals surface area contributed by atoms with Gasteiger partial charge in [-0.2, -0.15) is 0 Å². The van der Waals surface area contributed by atoms with E-state index in [1.54, 1.807) is 0 Å². The number of nitrogens with one attached hydrogen (secondary N) is 1. The van der Waals surface area contributed by atoms with E-state index in [1.807, 2.05) is 30.3 Å². The van der Waals surface area contributed by atoms with Crippen LogP contribution in [0.1, 0.15) is 22.3 Å². The summed E-state index contributed by atoms with van der Waals surface area (Å²) in [5, 5.41) is 11.7. The van der Waals surface area contributed by atoms with E-state index in [4.69, 9.17) is 0 Å². The number of H-pyrrole nitrogens is 1. The topological polar surface area (TPSA) is 53.1 Å². The highest BCUT2D eigenvalue weighted by molar-refractivity contribution is 5.90. The summed E-state index contributed by atoms with van der Waals surface area (Å²) in [6, 6.07) is 14.0. The number of aromatic amines is 1. The molecule has 1 heterocycles. The summed E-state index contributed by atoms with van der Waals surface area (Å²) in [5.41, 5.74) is 4.15. The van der Waals surface area contributed by atoms with Gasteiger partial charge in [-0.05, 0) is 34.6 Å². The van der Waals surface area contributed by atoms with E-state index < -0.39 is 0 Å². The number of aromatic hydroxyl groups is 1. The molecule has 0 saturated carbocycles. The molecule has 0 saturated heterocycles. The van der Waals surface area contributed by atoms with Gasteiger partial charge in [0.1, 0.15) is 0 Å². The summed E-state index contributed by atoms with van der Waals surface area (Å²) in [7, 11) is 0. The third-order valence-corrected chi connectivity index (χ3v) is 4.08. The molecule has 1 aliphatic rings. The molecule has 0 amide bonds. The largest absolute Gasteiger partial charge is 0.494 e. The van der Waals surface area contributed by atoms with Crippen LogP contribution in [0.3, 0.4) is 0 Å². The molecule has 0 spiro atoms. The quantitative estimate of drug-likeness (QED) is 0.512. The molecule has 98 valence electrons. The second-order valence-electron chi connectivity index (χ2n) is 5.24. The normalized spacial score (nSPS) is 13.0. The average molecular weight is 263 g/mol. The molecule has 0 atom stereocenters. The van der Waals surface area contributed by atoms with Crippen molar-refractivity contribution < 1.29 is 5.11 Å². The third kappa shape index (κ3) is 1.50. The van der Waals surface area contributed by atoms with Gasteiger partial charge in [-0.25, -0.2) is 0 Å². The van der Waals surface area contributed by atoms with Gasteiger partial charge in [0.05, 0.1) is 0 Å². The van der Waals surface area contributed by atoms with Gasteiger partial charge in [-0.3, -0.25) is 9.78 Å². The van der Waals surface area contributed by atoms with Gasteiger partial charge in [0.2, 0.25) is 0 Å². The van der Waals surface area contributed by atoms with Crippen LogP contribution in [0.15, 0.2) is 47.3 Å². The standard InChI is InChI=1S/C17H13NO2/c19-16-13-7-3-6-12-8-10-4-1-2-5-11(10)9-14(15(12)13)17(20)18-16/h1-7H,8-9H2,(H2,18,19,20). The molecule has 0 radical (unpaired) electrons. The third-order valence-electron chi connectivity index (χ3n) is 4.08. The van der Waals surface area contributed by atoms with E-state index in [9.17, 15) is 9.90 Å². The maximum Gasteiger partial charge on any atom is 0.258 e. The minimum atomic E-state index is -0.228. The van der Waals surface area contributed by atoms with Crippen molar-refractivity contribution in [3.63, 3.8) is 0 Å². The Bertz CT molecular complexity index is 893. The van der Waals surface area contributed by atoms with E-state index in [0.29, 0.717) is 11.8 Å². The van der Waals surface area contributed by atoms with Crippen molar-refractivity contribution in [3.05, 3.63) is 75.1 Å². The molecule has 0 fully saturated rings. The lowest BCUT2D eigenvalue weighted by Gasteiger charge is -2.08. The van der Waals surface area contributed by atoms with Crippen LogP contribution in [-0.4, -0.2) is 10.1 Å². The molecule has 0 bridgehead atoms. The summed E-state index contributed by atoms with van der Waals surface area (Å²) in [4.78, 5) is 14.6. The predicted octanol–water partition coefficient (Wildman–Crippen LogP) is 2.73. The van der Waals surface area contributed by atoms with Crippen LogP contribution in [0, 0.1) is 0 Å². The number of aromatic nitrogens is 1. The lowest BCUT2D eigenvalue weighted by atomic mass is 9.99. The van der Waals surface area contributed by atoms with Crippen molar-refractivity contribution in [2.45, 2.75) is 12.8 Å². The van der Waals surface area contributed by atoms with Crippen LogP contribution < -0.4 is 5.56 Å². The zero-order valence-corrected chi connectivity index (χ0v) is 10.8. The first-order chi connectivity index (χ1) is 9.74. The molecular weight excluding hydrogens is 250 g/mol. The minimum Gasteiger partial charge on any atom is -0.494 e. The maximum absolute atomic E-state index is 12.0. The molecule has 3 aromatic rings. The summed E-state index contributed by atoms with van der Waals surface area (Å²) >= 11 is 0. The first-order valence-electron chi connectivity index (χ1n) is 6.66. The van der Waals surface area contributed by atoms with Crippen molar-refractivity contribution in [2.75, 3.05) is 0 Å². The number of benzene rings is 2. The first kappa shape index (κ1) is 11.3. The molecule has 1 aliphatic carbocycles. The van der Waals surface area contributed by atoms with Gasteiger partial charge in [0.15, 0.2) is 5.88 Å². The monoisotopic (exact) mass is 263 g/mol.